The zero-order valence-electron chi connectivity index (χ0n) is 8.47. The summed E-state index contributed by atoms with van der Waals surface area (Å²) in [6.07, 6.45) is 1.07. The van der Waals surface area contributed by atoms with Gasteiger partial charge in [-0.05, 0) is 13.3 Å². The van der Waals surface area contributed by atoms with E-state index in [1.165, 1.54) is 0 Å². The molecule has 1 unspecified atom stereocenters. The van der Waals surface area contributed by atoms with Crippen molar-refractivity contribution in [3.05, 3.63) is 10.0 Å². The van der Waals surface area contributed by atoms with Gasteiger partial charge >= 0.3 is 0 Å². The van der Waals surface area contributed by atoms with Crippen LogP contribution in [0.3, 0.4) is 0 Å². The van der Waals surface area contributed by atoms with E-state index in [1.807, 2.05) is 6.92 Å². The van der Waals surface area contributed by atoms with Crippen molar-refractivity contribution < 1.29 is 0 Å². The Morgan fingerprint density at radius 1 is 1.46 bits per heavy atom. The number of rotatable bonds is 3. The first-order chi connectivity index (χ1) is 5.97. The van der Waals surface area contributed by atoms with Crippen LogP contribution in [0.5, 0.6) is 0 Å². The zero-order chi connectivity index (χ0) is 10.1. The molecule has 1 rings (SSSR count). The van der Waals surface area contributed by atoms with Gasteiger partial charge < -0.3 is 0 Å². The Morgan fingerprint density at radius 2 is 2.08 bits per heavy atom. The number of alkyl halides is 1. The molecule has 0 saturated heterocycles. The predicted octanol–water partition coefficient (Wildman–Crippen LogP) is 3.53. The lowest BCUT2D eigenvalue weighted by atomic mass is 9.91. The lowest BCUT2D eigenvalue weighted by molar-refractivity contribution is 0.498. The maximum atomic E-state index is 5.92. The second-order valence-corrected chi connectivity index (χ2v) is 5.46. The summed E-state index contributed by atoms with van der Waals surface area (Å²) in [6.45, 7) is 8.43. The zero-order valence-corrected chi connectivity index (χ0v) is 10.0. The minimum atomic E-state index is -0.0288. The topological polar surface area (TPSA) is 25.8 Å². The first-order valence-electron chi connectivity index (χ1n) is 4.45. The largest absolute Gasteiger partial charge is 0.143 e. The van der Waals surface area contributed by atoms with Crippen LogP contribution < -0.4 is 0 Å². The van der Waals surface area contributed by atoms with Gasteiger partial charge in [0.1, 0.15) is 10.0 Å². The first-order valence-corrected chi connectivity index (χ1v) is 5.70. The third kappa shape index (κ3) is 2.41. The fourth-order valence-corrected chi connectivity index (χ4v) is 1.94. The molecule has 1 aromatic rings. The van der Waals surface area contributed by atoms with Gasteiger partial charge in [-0.2, -0.15) is 0 Å². The Bertz CT molecular complexity index is 281. The van der Waals surface area contributed by atoms with Crippen LogP contribution in [-0.4, -0.2) is 10.2 Å². The maximum absolute atomic E-state index is 5.92. The van der Waals surface area contributed by atoms with Gasteiger partial charge in [0.05, 0.1) is 5.38 Å². The Labute approximate surface area is 88.3 Å². The second kappa shape index (κ2) is 3.93. The van der Waals surface area contributed by atoms with E-state index < -0.39 is 0 Å². The van der Waals surface area contributed by atoms with Gasteiger partial charge in [0.25, 0.3) is 0 Å². The van der Waals surface area contributed by atoms with Gasteiger partial charge in [-0.25, -0.2) is 0 Å². The fraction of sp³-hybridized carbons (Fsp3) is 0.778. The number of halogens is 1. The molecule has 0 bridgehead atoms. The number of aromatic nitrogens is 2. The van der Waals surface area contributed by atoms with E-state index in [0.717, 1.165) is 16.4 Å². The summed E-state index contributed by atoms with van der Waals surface area (Å²) < 4.78 is 0. The molecule has 0 aliphatic rings. The maximum Gasteiger partial charge on any atom is 0.135 e. The molecule has 0 aromatic carbocycles. The quantitative estimate of drug-likeness (QED) is 0.726. The molecular formula is C9H15ClN2S. The highest BCUT2D eigenvalue weighted by Gasteiger charge is 2.23. The minimum absolute atomic E-state index is 0.0288. The molecule has 0 saturated carbocycles. The Balaban J connectivity index is 2.91. The van der Waals surface area contributed by atoms with Crippen molar-refractivity contribution in [2.75, 3.05) is 0 Å². The summed E-state index contributed by atoms with van der Waals surface area (Å²) in [5.74, 6) is 0. The molecule has 1 atom stereocenters. The summed E-state index contributed by atoms with van der Waals surface area (Å²) in [7, 11) is 0. The third-order valence-electron chi connectivity index (χ3n) is 2.24. The van der Waals surface area contributed by atoms with Gasteiger partial charge in [-0.3, -0.25) is 0 Å². The molecule has 0 radical (unpaired) electrons. The molecular weight excluding hydrogens is 204 g/mol. The van der Waals surface area contributed by atoms with E-state index in [0.29, 0.717) is 0 Å². The van der Waals surface area contributed by atoms with Crippen molar-refractivity contribution in [2.24, 2.45) is 0 Å². The minimum Gasteiger partial charge on any atom is -0.143 e. The van der Waals surface area contributed by atoms with Crippen molar-refractivity contribution in [1.29, 1.82) is 0 Å². The van der Waals surface area contributed by atoms with Gasteiger partial charge in [0, 0.05) is 5.41 Å². The first kappa shape index (κ1) is 10.9. The Hall–Kier alpha value is -0.150. The monoisotopic (exact) mass is 218 g/mol. The fourth-order valence-electron chi connectivity index (χ4n) is 0.820. The van der Waals surface area contributed by atoms with Crippen LogP contribution in [0.15, 0.2) is 0 Å². The van der Waals surface area contributed by atoms with Crippen LogP contribution in [0.4, 0.5) is 0 Å². The smallest absolute Gasteiger partial charge is 0.135 e. The lowest BCUT2D eigenvalue weighted by Crippen LogP contribution is -2.14. The molecule has 1 heterocycles. The third-order valence-corrected chi connectivity index (χ3v) is 4.05. The summed E-state index contributed by atoms with van der Waals surface area (Å²) in [5, 5.41) is 10.2. The standard InChI is InChI=1S/C9H15ClN2S/c1-5-9(3,4)8-12-11-7(13-8)6(2)10/h6H,5H2,1-4H3. The average Bonchev–Trinajstić information content (AvgIpc) is 2.52. The average molecular weight is 219 g/mol. The summed E-state index contributed by atoms with van der Waals surface area (Å²) in [5.41, 5.74) is 0.127. The predicted molar refractivity (Wildman–Crippen MR) is 57.5 cm³/mol. The molecule has 1 aromatic heterocycles. The molecule has 0 amide bonds. The molecule has 13 heavy (non-hydrogen) atoms. The van der Waals surface area contributed by atoms with Crippen molar-refractivity contribution >= 4 is 22.9 Å². The van der Waals surface area contributed by atoms with Gasteiger partial charge in [-0.1, -0.05) is 32.1 Å². The number of hydrogen-bond acceptors (Lipinski definition) is 3. The molecule has 0 N–H and O–H groups in total. The highest BCUT2D eigenvalue weighted by molar-refractivity contribution is 7.11. The van der Waals surface area contributed by atoms with E-state index in [4.69, 9.17) is 11.6 Å². The molecule has 2 nitrogen and oxygen atoms in total. The highest BCUT2D eigenvalue weighted by Crippen LogP contribution is 2.32. The van der Waals surface area contributed by atoms with Crippen molar-refractivity contribution in [3.8, 4) is 0 Å². The van der Waals surface area contributed by atoms with Crippen molar-refractivity contribution in [3.63, 3.8) is 0 Å². The molecule has 0 aliphatic heterocycles. The molecule has 0 aliphatic carbocycles. The van der Waals surface area contributed by atoms with Crippen LogP contribution in [0.2, 0.25) is 0 Å². The van der Waals surface area contributed by atoms with E-state index >= 15 is 0 Å². The van der Waals surface area contributed by atoms with E-state index in [9.17, 15) is 0 Å². The highest BCUT2D eigenvalue weighted by atomic mass is 35.5. The Kier molecular flexibility index (Phi) is 3.30. The van der Waals surface area contributed by atoms with Crippen LogP contribution in [0, 0.1) is 0 Å². The summed E-state index contributed by atoms with van der Waals surface area (Å²) in [4.78, 5) is 0. The van der Waals surface area contributed by atoms with Crippen LogP contribution in [0.25, 0.3) is 0 Å². The Morgan fingerprint density at radius 3 is 2.46 bits per heavy atom. The summed E-state index contributed by atoms with van der Waals surface area (Å²) >= 11 is 7.54. The number of hydrogen-bond donors (Lipinski definition) is 0. The lowest BCUT2D eigenvalue weighted by Gasteiger charge is -2.17. The van der Waals surface area contributed by atoms with Crippen molar-refractivity contribution in [2.45, 2.75) is 44.9 Å². The molecule has 4 heteroatoms. The van der Waals surface area contributed by atoms with Gasteiger partial charge in [0.2, 0.25) is 0 Å². The SMILES string of the molecule is CCC(C)(C)c1nnc(C(C)Cl)s1. The van der Waals surface area contributed by atoms with Crippen LogP contribution in [0.1, 0.15) is 49.5 Å². The van der Waals surface area contributed by atoms with Crippen molar-refractivity contribution in [1.82, 2.24) is 10.2 Å². The van der Waals surface area contributed by atoms with Gasteiger partial charge in [-0.15, -0.1) is 21.8 Å². The van der Waals surface area contributed by atoms with E-state index in [2.05, 4.69) is 31.0 Å². The molecule has 74 valence electrons. The number of nitrogens with zero attached hydrogens (tertiary/aromatic N) is 2. The normalized spacial score (nSPS) is 14.5. The van der Waals surface area contributed by atoms with E-state index in [-0.39, 0.29) is 10.8 Å². The van der Waals surface area contributed by atoms with Gasteiger partial charge in [0.15, 0.2) is 0 Å². The van der Waals surface area contributed by atoms with Crippen LogP contribution in [-0.2, 0) is 5.41 Å². The molecule has 0 spiro atoms. The molecule has 0 fully saturated rings. The summed E-state index contributed by atoms with van der Waals surface area (Å²) in [6, 6.07) is 0. The van der Waals surface area contributed by atoms with E-state index in [1.54, 1.807) is 11.3 Å². The second-order valence-electron chi connectivity index (χ2n) is 3.80. The van der Waals surface area contributed by atoms with Crippen LogP contribution >= 0.6 is 22.9 Å².